The number of aromatic nitrogens is 4. The van der Waals surface area contributed by atoms with Crippen molar-refractivity contribution < 1.29 is 9.90 Å². The molecule has 4 rings (SSSR count). The molecule has 1 saturated carbocycles. The van der Waals surface area contributed by atoms with E-state index >= 15 is 0 Å². The van der Waals surface area contributed by atoms with Crippen LogP contribution in [0.15, 0.2) is 6.33 Å². The third kappa shape index (κ3) is 1.79. The topological polar surface area (TPSA) is 110 Å². The van der Waals surface area contributed by atoms with Crippen LogP contribution >= 0.6 is 22.6 Å². The molecule has 2 aromatic heterocycles. The molecule has 2 aromatic rings. The molecule has 0 radical (unpaired) electrons. The molecule has 110 valence electrons. The number of rotatable bonds is 1. The summed E-state index contributed by atoms with van der Waals surface area (Å²) in [4.78, 5) is 21.2. The molecule has 3 atom stereocenters. The molecule has 1 aliphatic carbocycles. The fraction of sp³-hybridized carbons (Fsp3) is 0.500. The fourth-order valence-corrected chi connectivity index (χ4v) is 4.41. The summed E-state index contributed by atoms with van der Waals surface area (Å²) in [5.41, 5.74) is 6.60. The van der Waals surface area contributed by atoms with Gasteiger partial charge in [-0.05, 0) is 41.4 Å². The number of amides is 1. The Bertz CT molecular complexity index is 747. The summed E-state index contributed by atoms with van der Waals surface area (Å²) >= 11 is 2.12. The second kappa shape index (κ2) is 4.42. The maximum absolute atomic E-state index is 11.3. The van der Waals surface area contributed by atoms with Crippen molar-refractivity contribution in [3.05, 3.63) is 10.0 Å². The molecule has 21 heavy (non-hydrogen) atoms. The largest absolute Gasteiger partial charge is 0.465 e. The first kappa shape index (κ1) is 13.0. The molecule has 1 aliphatic heterocycles. The van der Waals surface area contributed by atoms with E-state index in [4.69, 9.17) is 5.73 Å². The van der Waals surface area contributed by atoms with Gasteiger partial charge in [-0.25, -0.2) is 19.4 Å². The fourth-order valence-electron chi connectivity index (χ4n) is 3.66. The van der Waals surface area contributed by atoms with Gasteiger partial charge in [0, 0.05) is 6.54 Å². The van der Waals surface area contributed by atoms with Crippen molar-refractivity contribution in [1.82, 2.24) is 24.6 Å². The Kier molecular flexibility index (Phi) is 2.75. The summed E-state index contributed by atoms with van der Waals surface area (Å²) in [5.74, 6) is 0.820. The van der Waals surface area contributed by atoms with E-state index in [1.54, 1.807) is 0 Å². The number of carbonyl (C=O) groups is 1. The molecule has 1 saturated heterocycles. The lowest BCUT2D eigenvalue weighted by Gasteiger charge is -2.31. The number of nitrogens with two attached hydrogens (primary N) is 1. The minimum atomic E-state index is -0.854. The quantitative estimate of drug-likeness (QED) is 0.699. The first-order valence-corrected chi connectivity index (χ1v) is 7.78. The van der Waals surface area contributed by atoms with E-state index in [1.807, 2.05) is 4.68 Å². The highest BCUT2D eigenvalue weighted by atomic mass is 127. The highest BCUT2D eigenvalue weighted by Crippen LogP contribution is 2.45. The lowest BCUT2D eigenvalue weighted by molar-refractivity contribution is 0.112. The van der Waals surface area contributed by atoms with Crippen molar-refractivity contribution in [3.8, 4) is 0 Å². The maximum Gasteiger partial charge on any atom is 0.407 e. The van der Waals surface area contributed by atoms with E-state index in [-0.39, 0.29) is 12.1 Å². The second-order valence-electron chi connectivity index (χ2n) is 5.60. The Labute approximate surface area is 133 Å². The number of halogens is 1. The average molecular weight is 400 g/mol. The van der Waals surface area contributed by atoms with Crippen LogP contribution in [-0.2, 0) is 0 Å². The zero-order chi connectivity index (χ0) is 14.7. The Morgan fingerprint density at radius 2 is 2.14 bits per heavy atom. The molecule has 2 bridgehead atoms. The summed E-state index contributed by atoms with van der Waals surface area (Å²) in [7, 11) is 0. The van der Waals surface area contributed by atoms with Gasteiger partial charge in [0.15, 0.2) is 5.65 Å². The van der Waals surface area contributed by atoms with E-state index in [2.05, 4.69) is 37.7 Å². The number of carboxylic acid groups (broad SMARTS) is 1. The van der Waals surface area contributed by atoms with Crippen molar-refractivity contribution >= 4 is 45.5 Å². The van der Waals surface area contributed by atoms with E-state index in [0.29, 0.717) is 23.9 Å². The van der Waals surface area contributed by atoms with Gasteiger partial charge in [0.2, 0.25) is 0 Å². The number of nitrogens with zero attached hydrogens (tertiary/aromatic N) is 5. The van der Waals surface area contributed by atoms with Crippen molar-refractivity contribution in [2.45, 2.75) is 24.9 Å². The number of nitrogen functional groups attached to an aromatic ring is 1. The van der Waals surface area contributed by atoms with Gasteiger partial charge < -0.3 is 15.7 Å². The van der Waals surface area contributed by atoms with Crippen LogP contribution in [0.25, 0.3) is 11.0 Å². The van der Waals surface area contributed by atoms with E-state index in [9.17, 15) is 9.90 Å². The minimum absolute atomic E-state index is 0.0254. The van der Waals surface area contributed by atoms with Crippen LogP contribution < -0.4 is 5.73 Å². The number of piperidine rings is 1. The van der Waals surface area contributed by atoms with Gasteiger partial charge in [0.05, 0.1) is 17.5 Å². The first-order chi connectivity index (χ1) is 10.1. The normalized spacial score (nSPS) is 27.7. The number of likely N-dealkylation sites (tertiary alicyclic amines) is 1. The monoisotopic (exact) mass is 400 g/mol. The highest BCUT2D eigenvalue weighted by Gasteiger charge is 2.48. The Morgan fingerprint density at radius 1 is 1.38 bits per heavy atom. The van der Waals surface area contributed by atoms with Gasteiger partial charge in [0.1, 0.15) is 15.8 Å². The SMILES string of the molecule is Nc1ncnc2c1c(I)nn2[C@H]1C[C@H]2C[C@@H]1N(C(=O)O)C2. The standard InChI is InChI=1S/C12H13IN6O2/c13-9-8-10(14)15-4-16-11(8)19(17-9)7-2-5-1-6(7)18(3-5)12(20)21/h4-7H,1-3H2,(H,20,21)(H2,14,15,16)/t5-,6+,7+/m1/s1. The van der Waals surface area contributed by atoms with Crippen LogP contribution in [0, 0.1) is 9.62 Å². The molecule has 2 fully saturated rings. The number of fused-ring (bicyclic) bond motifs is 3. The molecule has 2 aliphatic rings. The number of hydrogen-bond donors (Lipinski definition) is 2. The summed E-state index contributed by atoms with van der Waals surface area (Å²) in [6.45, 7) is 0.629. The predicted molar refractivity (Wildman–Crippen MR) is 82.7 cm³/mol. The Balaban J connectivity index is 1.81. The van der Waals surface area contributed by atoms with Crippen molar-refractivity contribution in [3.63, 3.8) is 0 Å². The molecule has 3 heterocycles. The smallest absolute Gasteiger partial charge is 0.407 e. The molecule has 0 spiro atoms. The van der Waals surface area contributed by atoms with E-state index in [1.165, 1.54) is 11.2 Å². The molecular weight excluding hydrogens is 387 g/mol. The van der Waals surface area contributed by atoms with Gasteiger partial charge >= 0.3 is 6.09 Å². The number of anilines is 1. The van der Waals surface area contributed by atoms with Gasteiger partial charge in [-0.3, -0.25) is 0 Å². The zero-order valence-corrected chi connectivity index (χ0v) is 13.1. The molecule has 1 amide bonds. The van der Waals surface area contributed by atoms with Crippen LogP contribution in [0.2, 0.25) is 0 Å². The van der Waals surface area contributed by atoms with Crippen molar-refractivity contribution in [2.24, 2.45) is 5.92 Å². The Hall–Kier alpha value is -1.65. The summed E-state index contributed by atoms with van der Waals surface area (Å²) < 4.78 is 2.60. The van der Waals surface area contributed by atoms with Crippen LogP contribution in [0.5, 0.6) is 0 Å². The van der Waals surface area contributed by atoms with Crippen LogP contribution in [0.1, 0.15) is 18.9 Å². The number of hydrogen-bond acceptors (Lipinski definition) is 5. The van der Waals surface area contributed by atoms with Gasteiger partial charge in [-0.1, -0.05) is 0 Å². The van der Waals surface area contributed by atoms with Gasteiger partial charge in [0.25, 0.3) is 0 Å². The Morgan fingerprint density at radius 3 is 2.86 bits per heavy atom. The second-order valence-corrected chi connectivity index (χ2v) is 6.62. The highest BCUT2D eigenvalue weighted by molar-refractivity contribution is 14.1. The minimum Gasteiger partial charge on any atom is -0.465 e. The van der Waals surface area contributed by atoms with Crippen LogP contribution in [0.4, 0.5) is 10.6 Å². The average Bonchev–Trinajstić information content (AvgIpc) is 3.11. The molecule has 0 aromatic carbocycles. The molecule has 8 nitrogen and oxygen atoms in total. The zero-order valence-electron chi connectivity index (χ0n) is 11.0. The third-order valence-corrected chi connectivity index (χ3v) is 5.24. The molecule has 3 N–H and O–H groups in total. The van der Waals surface area contributed by atoms with E-state index < -0.39 is 6.09 Å². The maximum atomic E-state index is 11.3. The van der Waals surface area contributed by atoms with Gasteiger partial charge in [-0.15, -0.1) is 0 Å². The predicted octanol–water partition coefficient (Wildman–Crippen LogP) is 1.33. The summed E-state index contributed by atoms with van der Waals surface area (Å²) in [6, 6.07) is 0.00255. The van der Waals surface area contributed by atoms with Crippen LogP contribution in [0.3, 0.4) is 0 Å². The van der Waals surface area contributed by atoms with E-state index in [0.717, 1.165) is 21.9 Å². The molecule has 0 unspecified atom stereocenters. The van der Waals surface area contributed by atoms with Crippen LogP contribution in [-0.4, -0.2) is 48.4 Å². The van der Waals surface area contributed by atoms with Crippen molar-refractivity contribution in [2.75, 3.05) is 12.3 Å². The van der Waals surface area contributed by atoms with Crippen molar-refractivity contribution in [1.29, 1.82) is 0 Å². The molecule has 9 heteroatoms. The lowest BCUT2D eigenvalue weighted by Crippen LogP contribution is -2.42. The third-order valence-electron chi connectivity index (χ3n) is 4.48. The lowest BCUT2D eigenvalue weighted by atomic mass is 10.1. The van der Waals surface area contributed by atoms with Gasteiger partial charge in [-0.2, -0.15) is 5.10 Å². The summed E-state index contributed by atoms with van der Waals surface area (Å²) in [5, 5.41) is 14.6. The first-order valence-electron chi connectivity index (χ1n) is 6.70. The summed E-state index contributed by atoms with van der Waals surface area (Å²) in [6.07, 6.45) is 2.40. The molecular formula is C12H13IN6O2.